The van der Waals surface area contributed by atoms with E-state index >= 15 is 0 Å². The highest BCUT2D eigenvalue weighted by atomic mass is 19.4. The number of likely N-dealkylation sites (N-methyl/N-ethyl adjacent to an activating group) is 1. The predicted octanol–water partition coefficient (Wildman–Crippen LogP) is 2.74. The van der Waals surface area contributed by atoms with E-state index in [0.717, 1.165) is 45.6 Å². The summed E-state index contributed by atoms with van der Waals surface area (Å²) in [5.41, 5.74) is 0.965. The number of hydrogen-bond donors (Lipinski definition) is 3. The maximum Gasteiger partial charge on any atom is 0.490 e. The van der Waals surface area contributed by atoms with Crippen molar-refractivity contribution in [1.29, 1.82) is 0 Å². The fourth-order valence-electron chi connectivity index (χ4n) is 3.88. The first-order chi connectivity index (χ1) is 20.5. The summed E-state index contributed by atoms with van der Waals surface area (Å²) in [7, 11) is 3.79. The van der Waals surface area contributed by atoms with E-state index in [2.05, 4.69) is 34.0 Å². The molecule has 1 aromatic rings. The van der Waals surface area contributed by atoms with Crippen molar-refractivity contribution in [2.45, 2.75) is 43.5 Å². The summed E-state index contributed by atoms with van der Waals surface area (Å²) >= 11 is 0. The quantitative estimate of drug-likeness (QED) is 0.394. The van der Waals surface area contributed by atoms with Gasteiger partial charge in [0, 0.05) is 58.8 Å². The minimum atomic E-state index is -5.08. The van der Waals surface area contributed by atoms with Crippen LogP contribution in [0, 0.1) is 0 Å². The number of carbonyl (C=O) groups is 4. The summed E-state index contributed by atoms with van der Waals surface area (Å²) in [5, 5.41) is 21.4. The van der Waals surface area contributed by atoms with Gasteiger partial charge in [-0.1, -0.05) is 0 Å². The summed E-state index contributed by atoms with van der Waals surface area (Å²) < 4.78 is 100. The monoisotopic (exact) mass is 674 g/mol. The molecule has 0 radical (unpaired) electrons. The molecule has 45 heavy (non-hydrogen) atoms. The van der Waals surface area contributed by atoms with Gasteiger partial charge in [-0.15, -0.1) is 0 Å². The van der Waals surface area contributed by atoms with Gasteiger partial charge in [-0.25, -0.2) is 14.4 Å². The Labute approximate surface area is 250 Å². The normalized spacial score (nSPS) is 17.1. The number of aromatic nitrogens is 1. The number of alkyl halides is 9. The molecule has 2 fully saturated rings. The molecule has 0 aliphatic carbocycles. The Balaban J connectivity index is 0.000000753. The van der Waals surface area contributed by atoms with Crippen LogP contribution >= 0.6 is 0 Å². The summed E-state index contributed by atoms with van der Waals surface area (Å²) in [6.07, 6.45) is -9.77. The molecule has 1 spiro atoms. The van der Waals surface area contributed by atoms with Gasteiger partial charge in [0.15, 0.2) is 0 Å². The van der Waals surface area contributed by atoms with Crippen molar-refractivity contribution in [1.82, 2.24) is 19.7 Å². The van der Waals surface area contributed by atoms with Crippen LogP contribution in [-0.4, -0.2) is 136 Å². The summed E-state index contributed by atoms with van der Waals surface area (Å²) in [6, 6.07) is 4.13. The summed E-state index contributed by atoms with van der Waals surface area (Å²) in [6.45, 7) is 5.91. The highest BCUT2D eigenvalue weighted by Gasteiger charge is 2.49. The summed E-state index contributed by atoms with van der Waals surface area (Å²) in [4.78, 5) is 50.6. The molecule has 2 aliphatic heterocycles. The number of carboxylic acids is 3. The van der Waals surface area contributed by atoms with Crippen LogP contribution in [0.25, 0.3) is 0 Å². The first-order valence-corrected chi connectivity index (χ1v) is 12.5. The molecule has 21 heteroatoms. The number of hydrogen-bond acceptors (Lipinski definition) is 8. The van der Waals surface area contributed by atoms with Crippen molar-refractivity contribution in [3.05, 3.63) is 30.1 Å². The fourth-order valence-corrected chi connectivity index (χ4v) is 3.88. The van der Waals surface area contributed by atoms with E-state index in [1.165, 1.54) is 5.56 Å². The van der Waals surface area contributed by atoms with Crippen LogP contribution < -0.4 is 0 Å². The zero-order valence-corrected chi connectivity index (χ0v) is 23.7. The van der Waals surface area contributed by atoms with Crippen molar-refractivity contribution in [3.63, 3.8) is 0 Å². The van der Waals surface area contributed by atoms with Gasteiger partial charge in [-0.05, 0) is 37.6 Å². The van der Waals surface area contributed by atoms with Gasteiger partial charge in [0.05, 0.1) is 6.61 Å². The van der Waals surface area contributed by atoms with E-state index in [1.807, 2.05) is 17.3 Å². The number of amides is 1. The van der Waals surface area contributed by atoms with Crippen LogP contribution in [0.1, 0.15) is 18.4 Å². The van der Waals surface area contributed by atoms with Crippen molar-refractivity contribution >= 4 is 23.8 Å². The largest absolute Gasteiger partial charge is 0.490 e. The zero-order valence-electron chi connectivity index (χ0n) is 23.7. The molecule has 2 aliphatic rings. The molecule has 3 heterocycles. The van der Waals surface area contributed by atoms with Gasteiger partial charge < -0.3 is 25.0 Å². The first-order valence-electron chi connectivity index (χ1n) is 12.5. The molecule has 3 rings (SSSR count). The van der Waals surface area contributed by atoms with E-state index in [9.17, 15) is 44.3 Å². The second-order valence-corrected chi connectivity index (χ2v) is 9.28. The minimum absolute atomic E-state index is 0.289. The van der Waals surface area contributed by atoms with Gasteiger partial charge in [0.2, 0.25) is 5.91 Å². The lowest BCUT2D eigenvalue weighted by atomic mass is 9.82. The number of carbonyl (C=O) groups excluding carboxylic acids is 1. The number of rotatable bonds is 5. The van der Waals surface area contributed by atoms with Gasteiger partial charge >= 0.3 is 36.4 Å². The number of nitrogens with zero attached hydrogens (tertiary/aromatic N) is 4. The number of piperazine rings is 1. The molecule has 3 N–H and O–H groups in total. The molecule has 0 bridgehead atoms. The number of likely N-dealkylation sites (tertiary alicyclic amines) is 1. The van der Waals surface area contributed by atoms with Crippen LogP contribution in [-0.2, 0) is 30.5 Å². The van der Waals surface area contributed by atoms with Crippen LogP contribution in [0.3, 0.4) is 0 Å². The predicted molar refractivity (Wildman–Crippen MR) is 134 cm³/mol. The number of ether oxygens (including phenoxy) is 1. The SMILES string of the molecule is COCCN1CCN(C)C2(CCN(Cc3ccncc3)CC2)C1=O.O=C(O)C(F)(F)F.O=C(O)C(F)(F)F.O=C(O)C(F)(F)F. The number of pyridine rings is 1. The van der Waals surface area contributed by atoms with Crippen molar-refractivity contribution in [2.75, 3.05) is 53.5 Å². The zero-order chi connectivity index (χ0) is 35.2. The Kier molecular flexibility index (Phi) is 16.2. The lowest BCUT2D eigenvalue weighted by Gasteiger charge is -2.51. The second kappa shape index (κ2) is 17.7. The summed E-state index contributed by atoms with van der Waals surface area (Å²) in [5.74, 6) is -7.98. The molecule has 1 aromatic heterocycles. The van der Waals surface area contributed by atoms with Gasteiger partial charge in [0.1, 0.15) is 5.54 Å². The van der Waals surface area contributed by atoms with E-state index in [0.29, 0.717) is 13.2 Å². The van der Waals surface area contributed by atoms with Crippen LogP contribution in [0.4, 0.5) is 39.5 Å². The molecular weight excluding hydrogens is 643 g/mol. The highest BCUT2D eigenvalue weighted by molar-refractivity contribution is 5.87. The standard InChI is InChI=1S/C18H28N4O2.3C2HF3O2/c1-20-11-12-22(13-14-24-2)17(23)18(20)5-9-21(10-6-18)15-16-3-7-19-8-4-16;3*3-2(4,5)1(6)7/h3-4,7-8H,5-6,9-15H2,1-2H3;3*(H,6,7). The Morgan fingerprint density at radius 3 is 1.58 bits per heavy atom. The Hall–Kier alpha value is -3.72. The maximum atomic E-state index is 13.1. The molecule has 0 saturated carbocycles. The number of carboxylic acid groups (broad SMARTS) is 3. The van der Waals surface area contributed by atoms with Crippen LogP contribution in [0.15, 0.2) is 24.5 Å². The third-order valence-electron chi connectivity index (χ3n) is 6.25. The first kappa shape index (κ1) is 41.3. The number of aliphatic carboxylic acids is 3. The molecule has 0 aromatic carbocycles. The minimum Gasteiger partial charge on any atom is -0.475 e. The lowest BCUT2D eigenvalue weighted by molar-refractivity contribution is -0.193. The topological polar surface area (TPSA) is 161 Å². The van der Waals surface area contributed by atoms with Gasteiger partial charge in [0.25, 0.3) is 0 Å². The molecule has 0 atom stereocenters. The average molecular weight is 675 g/mol. The average Bonchev–Trinajstić information content (AvgIpc) is 2.92. The smallest absolute Gasteiger partial charge is 0.475 e. The Morgan fingerprint density at radius 2 is 1.22 bits per heavy atom. The highest BCUT2D eigenvalue weighted by Crippen LogP contribution is 2.33. The molecule has 12 nitrogen and oxygen atoms in total. The van der Waals surface area contributed by atoms with Crippen LogP contribution in [0.2, 0.25) is 0 Å². The number of halogens is 9. The molecule has 1 amide bonds. The van der Waals surface area contributed by atoms with Crippen LogP contribution in [0.5, 0.6) is 0 Å². The van der Waals surface area contributed by atoms with Gasteiger partial charge in [-0.3, -0.25) is 19.6 Å². The van der Waals surface area contributed by atoms with E-state index in [4.69, 9.17) is 34.4 Å². The van der Waals surface area contributed by atoms with E-state index in [1.54, 1.807) is 7.11 Å². The fraction of sp³-hybridized carbons (Fsp3) is 0.625. The molecule has 258 valence electrons. The third kappa shape index (κ3) is 14.7. The van der Waals surface area contributed by atoms with Crippen molar-refractivity contribution < 1.29 is 78.7 Å². The third-order valence-corrected chi connectivity index (χ3v) is 6.25. The van der Waals surface area contributed by atoms with Crippen molar-refractivity contribution in [3.8, 4) is 0 Å². The lowest BCUT2D eigenvalue weighted by Crippen LogP contribution is -2.67. The second-order valence-electron chi connectivity index (χ2n) is 9.28. The number of piperidine rings is 1. The van der Waals surface area contributed by atoms with E-state index < -0.39 is 36.4 Å². The number of methoxy groups -OCH3 is 1. The maximum absolute atomic E-state index is 13.1. The van der Waals surface area contributed by atoms with Crippen molar-refractivity contribution in [2.24, 2.45) is 0 Å². The van der Waals surface area contributed by atoms with Gasteiger partial charge in [-0.2, -0.15) is 39.5 Å². The Bertz CT molecular complexity index is 1040. The Morgan fingerprint density at radius 1 is 0.822 bits per heavy atom. The molecular formula is C24H31F9N4O8. The molecule has 2 saturated heterocycles. The molecule has 0 unspecified atom stereocenters. The van der Waals surface area contributed by atoms with E-state index in [-0.39, 0.29) is 11.4 Å².